The van der Waals surface area contributed by atoms with Crippen LogP contribution in [0.2, 0.25) is 0 Å². The number of amides is 1. The lowest BCUT2D eigenvalue weighted by atomic mass is 10.4. The number of carbonyl (C=O) groups excluding carboxylic acids is 1. The Balaban J connectivity index is 1.78. The van der Waals surface area contributed by atoms with E-state index in [1.165, 1.54) is 0 Å². The molecule has 0 aromatic carbocycles. The Morgan fingerprint density at radius 3 is 2.94 bits per heavy atom. The number of aryl methyl sites for hydroxylation is 1. The molecule has 6 nitrogen and oxygen atoms in total. The molecule has 1 amide bonds. The van der Waals surface area contributed by atoms with Gasteiger partial charge in [0, 0.05) is 32.4 Å². The summed E-state index contributed by atoms with van der Waals surface area (Å²) in [6.45, 7) is 2.92. The van der Waals surface area contributed by atoms with Crippen LogP contribution in [-0.4, -0.2) is 53.4 Å². The van der Waals surface area contributed by atoms with Gasteiger partial charge in [0.2, 0.25) is 5.91 Å². The number of aromatic nitrogens is 2. The van der Waals surface area contributed by atoms with Gasteiger partial charge in [0.05, 0.1) is 19.8 Å². The Labute approximate surface area is 94.2 Å². The molecule has 1 fully saturated rings. The lowest BCUT2D eigenvalue weighted by molar-refractivity contribution is -0.133. The zero-order chi connectivity index (χ0) is 11.4. The number of ether oxygens (including phenoxy) is 1. The molecule has 0 bridgehead atoms. The van der Waals surface area contributed by atoms with E-state index in [0.717, 1.165) is 5.82 Å². The molecule has 1 N–H and O–H groups in total. The van der Waals surface area contributed by atoms with Crippen LogP contribution < -0.4 is 5.32 Å². The van der Waals surface area contributed by atoms with Gasteiger partial charge in [0.25, 0.3) is 0 Å². The van der Waals surface area contributed by atoms with Crippen LogP contribution in [0.4, 0.5) is 5.82 Å². The largest absolute Gasteiger partial charge is 0.378 e. The van der Waals surface area contributed by atoms with E-state index in [1.807, 2.05) is 19.3 Å². The summed E-state index contributed by atoms with van der Waals surface area (Å²) in [6.07, 6.45) is 1.83. The van der Waals surface area contributed by atoms with Crippen LogP contribution in [0.25, 0.3) is 0 Å². The molecule has 0 atom stereocenters. The third kappa shape index (κ3) is 2.73. The van der Waals surface area contributed by atoms with Crippen molar-refractivity contribution in [3.8, 4) is 0 Å². The first-order valence-corrected chi connectivity index (χ1v) is 5.35. The van der Waals surface area contributed by atoms with E-state index in [4.69, 9.17) is 4.74 Å². The first kappa shape index (κ1) is 10.9. The summed E-state index contributed by atoms with van der Waals surface area (Å²) in [4.78, 5) is 13.6. The van der Waals surface area contributed by atoms with Crippen molar-refractivity contribution in [1.29, 1.82) is 0 Å². The summed E-state index contributed by atoms with van der Waals surface area (Å²) in [6, 6.07) is 1.84. The predicted molar refractivity (Wildman–Crippen MR) is 59.1 cm³/mol. The van der Waals surface area contributed by atoms with Crippen LogP contribution >= 0.6 is 0 Å². The molecule has 0 radical (unpaired) electrons. The number of hydrogen-bond donors (Lipinski definition) is 1. The highest BCUT2D eigenvalue weighted by atomic mass is 16.5. The van der Waals surface area contributed by atoms with Crippen LogP contribution in [0.5, 0.6) is 0 Å². The molecule has 0 unspecified atom stereocenters. The predicted octanol–water partition coefficient (Wildman–Crippen LogP) is -0.309. The summed E-state index contributed by atoms with van der Waals surface area (Å²) in [7, 11) is 1.84. The molecule has 0 aliphatic carbocycles. The van der Waals surface area contributed by atoms with Crippen molar-refractivity contribution < 1.29 is 9.53 Å². The Morgan fingerprint density at radius 1 is 1.56 bits per heavy atom. The van der Waals surface area contributed by atoms with Gasteiger partial charge in [-0.2, -0.15) is 5.10 Å². The zero-order valence-corrected chi connectivity index (χ0v) is 9.35. The maximum Gasteiger partial charge on any atom is 0.242 e. The molecule has 6 heteroatoms. The second-order valence-corrected chi connectivity index (χ2v) is 3.72. The van der Waals surface area contributed by atoms with Gasteiger partial charge in [-0.15, -0.1) is 0 Å². The van der Waals surface area contributed by atoms with E-state index >= 15 is 0 Å². The van der Waals surface area contributed by atoms with Gasteiger partial charge >= 0.3 is 0 Å². The number of nitrogens with one attached hydrogen (secondary N) is 1. The molecule has 2 heterocycles. The Kier molecular flexibility index (Phi) is 3.40. The highest BCUT2D eigenvalue weighted by Crippen LogP contribution is 2.02. The molecule has 1 aliphatic rings. The molecular formula is C10H16N4O2. The van der Waals surface area contributed by atoms with Crippen LogP contribution in [0.3, 0.4) is 0 Å². The van der Waals surface area contributed by atoms with E-state index in [-0.39, 0.29) is 12.5 Å². The van der Waals surface area contributed by atoms with E-state index < -0.39 is 0 Å². The number of rotatable bonds is 3. The van der Waals surface area contributed by atoms with E-state index in [9.17, 15) is 4.79 Å². The molecule has 1 saturated heterocycles. The van der Waals surface area contributed by atoms with Crippen molar-refractivity contribution >= 4 is 11.7 Å². The second kappa shape index (κ2) is 4.98. The van der Waals surface area contributed by atoms with Crippen molar-refractivity contribution in [2.24, 2.45) is 7.05 Å². The molecule has 16 heavy (non-hydrogen) atoms. The first-order valence-electron chi connectivity index (χ1n) is 5.35. The van der Waals surface area contributed by atoms with Crippen LogP contribution in [0.15, 0.2) is 12.3 Å². The van der Waals surface area contributed by atoms with Crippen LogP contribution in [0.1, 0.15) is 0 Å². The number of carbonyl (C=O) groups is 1. The monoisotopic (exact) mass is 224 g/mol. The fraction of sp³-hybridized carbons (Fsp3) is 0.600. The van der Waals surface area contributed by atoms with E-state index in [1.54, 1.807) is 9.58 Å². The molecule has 1 aromatic heterocycles. The maximum absolute atomic E-state index is 11.8. The Morgan fingerprint density at radius 2 is 2.31 bits per heavy atom. The van der Waals surface area contributed by atoms with Crippen molar-refractivity contribution in [2.45, 2.75) is 0 Å². The van der Waals surface area contributed by atoms with Gasteiger partial charge in [-0.1, -0.05) is 0 Å². The van der Waals surface area contributed by atoms with Gasteiger partial charge in [-0.3, -0.25) is 9.48 Å². The zero-order valence-electron chi connectivity index (χ0n) is 9.35. The minimum absolute atomic E-state index is 0.0916. The third-order valence-corrected chi connectivity index (χ3v) is 2.50. The lowest BCUT2D eigenvalue weighted by Gasteiger charge is -2.26. The van der Waals surface area contributed by atoms with Crippen molar-refractivity contribution in [3.63, 3.8) is 0 Å². The van der Waals surface area contributed by atoms with Gasteiger partial charge in [-0.25, -0.2) is 0 Å². The number of morpholine rings is 1. The van der Waals surface area contributed by atoms with E-state index in [2.05, 4.69) is 10.4 Å². The molecule has 2 rings (SSSR count). The lowest BCUT2D eigenvalue weighted by Crippen LogP contribution is -2.43. The summed E-state index contributed by atoms with van der Waals surface area (Å²) in [5.74, 6) is 0.818. The van der Waals surface area contributed by atoms with Crippen molar-refractivity contribution in [2.75, 3.05) is 38.2 Å². The van der Waals surface area contributed by atoms with Gasteiger partial charge < -0.3 is 15.0 Å². The quantitative estimate of drug-likeness (QED) is 0.765. The normalized spacial score (nSPS) is 16.2. The van der Waals surface area contributed by atoms with Gasteiger partial charge in [-0.05, 0) is 0 Å². The smallest absolute Gasteiger partial charge is 0.242 e. The molecular weight excluding hydrogens is 208 g/mol. The molecule has 0 saturated carbocycles. The highest BCUT2D eigenvalue weighted by molar-refractivity contribution is 5.80. The Bertz CT molecular complexity index is 357. The minimum atomic E-state index is 0.0916. The highest BCUT2D eigenvalue weighted by Gasteiger charge is 2.16. The molecule has 0 spiro atoms. The summed E-state index contributed by atoms with van der Waals surface area (Å²) in [5, 5.41) is 7.14. The fourth-order valence-electron chi connectivity index (χ4n) is 1.60. The summed E-state index contributed by atoms with van der Waals surface area (Å²) < 4.78 is 6.88. The van der Waals surface area contributed by atoms with Crippen molar-refractivity contribution in [1.82, 2.24) is 14.7 Å². The number of hydrogen-bond acceptors (Lipinski definition) is 4. The average Bonchev–Trinajstić information content (AvgIpc) is 2.73. The van der Waals surface area contributed by atoms with Crippen LogP contribution in [-0.2, 0) is 16.6 Å². The Hall–Kier alpha value is -1.56. The number of anilines is 1. The van der Waals surface area contributed by atoms with Gasteiger partial charge in [0.1, 0.15) is 5.82 Å². The SMILES string of the molecule is Cn1ccc(NCC(=O)N2CCOCC2)n1. The van der Waals surface area contributed by atoms with E-state index in [0.29, 0.717) is 26.3 Å². The summed E-state index contributed by atoms with van der Waals surface area (Å²) >= 11 is 0. The van der Waals surface area contributed by atoms with Gasteiger partial charge in [0.15, 0.2) is 0 Å². The number of nitrogens with zero attached hydrogens (tertiary/aromatic N) is 3. The third-order valence-electron chi connectivity index (χ3n) is 2.50. The standard InChI is InChI=1S/C10H16N4O2/c1-13-3-2-9(12-13)11-8-10(15)14-4-6-16-7-5-14/h2-3H,4-8H2,1H3,(H,11,12). The molecule has 88 valence electrons. The minimum Gasteiger partial charge on any atom is -0.378 e. The first-order chi connectivity index (χ1) is 7.75. The van der Waals surface area contributed by atoms with Crippen LogP contribution in [0, 0.1) is 0 Å². The second-order valence-electron chi connectivity index (χ2n) is 3.72. The topological polar surface area (TPSA) is 59.4 Å². The molecule has 1 aromatic rings. The van der Waals surface area contributed by atoms with Crippen molar-refractivity contribution in [3.05, 3.63) is 12.3 Å². The fourth-order valence-corrected chi connectivity index (χ4v) is 1.60. The average molecular weight is 224 g/mol. The summed E-state index contributed by atoms with van der Waals surface area (Å²) in [5.41, 5.74) is 0. The maximum atomic E-state index is 11.8. The molecule has 1 aliphatic heterocycles.